The van der Waals surface area contributed by atoms with Crippen molar-refractivity contribution in [2.24, 2.45) is 0 Å². The maximum absolute atomic E-state index is 5.91. The number of nitrogens with zero attached hydrogens (tertiary/aromatic N) is 3. The minimum Gasteiger partial charge on any atom is -0.376 e. The molecule has 1 unspecified atom stereocenters. The zero-order valence-corrected chi connectivity index (χ0v) is 15.7. The molecule has 0 bridgehead atoms. The van der Waals surface area contributed by atoms with Gasteiger partial charge in [0, 0.05) is 13.7 Å². The van der Waals surface area contributed by atoms with E-state index in [9.17, 15) is 0 Å². The summed E-state index contributed by atoms with van der Waals surface area (Å²) < 4.78 is 9.02. The molecule has 6 heteroatoms. The van der Waals surface area contributed by atoms with E-state index in [0.717, 1.165) is 36.1 Å². The number of ether oxygens (including phenoxy) is 1. The van der Waals surface area contributed by atoms with Crippen LogP contribution in [0.3, 0.4) is 0 Å². The van der Waals surface area contributed by atoms with Crippen LogP contribution in [0.1, 0.15) is 38.4 Å². The van der Waals surface area contributed by atoms with Gasteiger partial charge in [-0.1, -0.05) is 13.8 Å². The van der Waals surface area contributed by atoms with Gasteiger partial charge in [0.25, 0.3) is 0 Å². The van der Waals surface area contributed by atoms with E-state index in [2.05, 4.69) is 63.9 Å². The predicted molar refractivity (Wildman–Crippen MR) is 90.6 cm³/mol. The van der Waals surface area contributed by atoms with Crippen LogP contribution in [0.5, 0.6) is 0 Å². The average Bonchev–Trinajstić information content (AvgIpc) is 2.84. The molecule has 1 rings (SSSR count). The average molecular weight is 361 g/mol. The van der Waals surface area contributed by atoms with Crippen LogP contribution in [0.2, 0.25) is 0 Å². The van der Waals surface area contributed by atoms with E-state index in [4.69, 9.17) is 4.74 Å². The Kier molecular flexibility index (Phi) is 7.33. The standard InChI is InChI=1S/C15H29BrN4O/c1-7-15(8-2,21-6)14(17-3)13-12(16)11-18-20(13)10-9-19(4)5/h11,14,17H,7-10H2,1-6H3. The summed E-state index contributed by atoms with van der Waals surface area (Å²) in [4.78, 5) is 2.16. The van der Waals surface area contributed by atoms with E-state index in [0.29, 0.717) is 0 Å². The summed E-state index contributed by atoms with van der Waals surface area (Å²) >= 11 is 3.65. The highest BCUT2D eigenvalue weighted by atomic mass is 79.9. The highest BCUT2D eigenvalue weighted by molar-refractivity contribution is 9.10. The van der Waals surface area contributed by atoms with E-state index < -0.39 is 0 Å². The first-order valence-electron chi connectivity index (χ1n) is 7.54. The number of methoxy groups -OCH3 is 1. The Morgan fingerprint density at radius 1 is 1.43 bits per heavy atom. The van der Waals surface area contributed by atoms with Crippen LogP contribution in [-0.4, -0.2) is 55.1 Å². The van der Waals surface area contributed by atoms with Gasteiger partial charge in [0.05, 0.1) is 34.6 Å². The molecule has 0 aliphatic carbocycles. The summed E-state index contributed by atoms with van der Waals surface area (Å²) in [5, 5.41) is 7.96. The minimum absolute atomic E-state index is 0.0940. The Morgan fingerprint density at radius 3 is 2.48 bits per heavy atom. The number of likely N-dealkylation sites (N-methyl/N-ethyl adjacent to an activating group) is 2. The van der Waals surface area contributed by atoms with Crippen molar-refractivity contribution in [3.63, 3.8) is 0 Å². The van der Waals surface area contributed by atoms with Gasteiger partial charge in [0.2, 0.25) is 0 Å². The van der Waals surface area contributed by atoms with Crippen molar-refractivity contribution < 1.29 is 4.74 Å². The quantitative estimate of drug-likeness (QED) is 0.734. The molecule has 0 aliphatic heterocycles. The lowest BCUT2D eigenvalue weighted by Crippen LogP contribution is -2.45. The van der Waals surface area contributed by atoms with Crippen LogP contribution < -0.4 is 5.32 Å². The van der Waals surface area contributed by atoms with Gasteiger partial charge in [-0.15, -0.1) is 0 Å². The lowest BCUT2D eigenvalue weighted by atomic mass is 9.86. The molecule has 0 radical (unpaired) electrons. The van der Waals surface area contributed by atoms with Crippen molar-refractivity contribution in [1.82, 2.24) is 20.0 Å². The first-order chi connectivity index (χ1) is 9.95. The predicted octanol–water partition coefficient (Wildman–Crippen LogP) is 2.67. The zero-order chi connectivity index (χ0) is 16.0. The molecule has 1 aromatic rings. The second kappa shape index (κ2) is 8.27. The van der Waals surface area contributed by atoms with E-state index in [1.54, 1.807) is 7.11 Å². The molecule has 0 spiro atoms. The van der Waals surface area contributed by atoms with Crippen molar-refractivity contribution in [1.29, 1.82) is 0 Å². The van der Waals surface area contributed by atoms with E-state index in [-0.39, 0.29) is 11.6 Å². The summed E-state index contributed by atoms with van der Waals surface area (Å²) in [6.45, 7) is 6.16. The molecule has 1 aromatic heterocycles. The van der Waals surface area contributed by atoms with Crippen molar-refractivity contribution in [3.8, 4) is 0 Å². The molecule has 0 saturated carbocycles. The van der Waals surface area contributed by atoms with E-state index in [1.807, 2.05) is 13.2 Å². The number of hydrogen-bond acceptors (Lipinski definition) is 4. The van der Waals surface area contributed by atoms with Gasteiger partial charge in [-0.3, -0.25) is 4.68 Å². The zero-order valence-electron chi connectivity index (χ0n) is 14.1. The summed E-state index contributed by atoms with van der Waals surface area (Å²) in [6, 6.07) is 0.0940. The molecule has 0 aliphatic rings. The second-order valence-corrected chi connectivity index (χ2v) is 6.46. The van der Waals surface area contributed by atoms with Gasteiger partial charge in [-0.25, -0.2) is 0 Å². The third kappa shape index (κ3) is 4.06. The third-order valence-electron chi connectivity index (χ3n) is 4.28. The van der Waals surface area contributed by atoms with Crippen LogP contribution in [0, 0.1) is 0 Å². The van der Waals surface area contributed by atoms with E-state index in [1.165, 1.54) is 0 Å². The Labute approximate surface area is 137 Å². The number of hydrogen-bond donors (Lipinski definition) is 1. The number of nitrogens with one attached hydrogen (secondary N) is 1. The molecule has 0 saturated heterocycles. The van der Waals surface area contributed by atoms with Crippen LogP contribution in [0.4, 0.5) is 0 Å². The molecule has 1 N–H and O–H groups in total. The highest BCUT2D eigenvalue weighted by Crippen LogP contribution is 2.37. The van der Waals surface area contributed by atoms with Crippen molar-refractivity contribution in [2.45, 2.75) is 44.9 Å². The first-order valence-corrected chi connectivity index (χ1v) is 8.33. The molecule has 1 heterocycles. The second-order valence-electron chi connectivity index (χ2n) is 5.60. The fourth-order valence-electron chi connectivity index (χ4n) is 2.85. The van der Waals surface area contributed by atoms with Gasteiger partial charge in [0.15, 0.2) is 0 Å². The molecule has 0 aromatic carbocycles. The summed E-state index contributed by atoms with van der Waals surface area (Å²) in [5.74, 6) is 0. The lowest BCUT2D eigenvalue weighted by molar-refractivity contribution is -0.0491. The molecule has 122 valence electrons. The van der Waals surface area contributed by atoms with Gasteiger partial charge in [-0.2, -0.15) is 5.10 Å². The van der Waals surface area contributed by atoms with Gasteiger partial charge in [-0.05, 0) is 49.9 Å². The lowest BCUT2D eigenvalue weighted by Gasteiger charge is -2.38. The van der Waals surface area contributed by atoms with Crippen LogP contribution >= 0.6 is 15.9 Å². The monoisotopic (exact) mass is 360 g/mol. The molecule has 5 nitrogen and oxygen atoms in total. The third-order valence-corrected chi connectivity index (χ3v) is 4.89. The SMILES string of the molecule is CCC(CC)(OC)C(NC)c1c(Br)cnn1CCN(C)C. The molecule has 0 amide bonds. The normalized spacial score (nSPS) is 13.9. The topological polar surface area (TPSA) is 42.3 Å². The summed E-state index contributed by atoms with van der Waals surface area (Å²) in [5.41, 5.74) is 0.928. The maximum atomic E-state index is 5.91. The Balaban J connectivity index is 3.18. The Morgan fingerprint density at radius 2 is 2.05 bits per heavy atom. The van der Waals surface area contributed by atoms with Gasteiger partial charge >= 0.3 is 0 Å². The highest BCUT2D eigenvalue weighted by Gasteiger charge is 2.39. The smallest absolute Gasteiger partial charge is 0.0882 e. The summed E-state index contributed by atoms with van der Waals surface area (Å²) in [6.07, 6.45) is 3.76. The maximum Gasteiger partial charge on any atom is 0.0882 e. The van der Waals surface area contributed by atoms with Crippen molar-refractivity contribution in [2.75, 3.05) is 34.8 Å². The molecule has 21 heavy (non-hydrogen) atoms. The molecular formula is C15H29BrN4O. The molecular weight excluding hydrogens is 332 g/mol. The van der Waals surface area contributed by atoms with Crippen LogP contribution in [0.15, 0.2) is 10.7 Å². The Hall–Kier alpha value is -0.430. The Bertz CT molecular complexity index is 421. The number of halogens is 1. The molecule has 0 fully saturated rings. The van der Waals surface area contributed by atoms with Gasteiger partial charge < -0.3 is 15.0 Å². The summed E-state index contributed by atoms with van der Waals surface area (Å²) in [7, 11) is 7.93. The van der Waals surface area contributed by atoms with Crippen LogP contribution in [-0.2, 0) is 11.3 Å². The fourth-order valence-corrected chi connectivity index (χ4v) is 3.37. The van der Waals surface area contributed by atoms with Gasteiger partial charge in [0.1, 0.15) is 0 Å². The minimum atomic E-state index is -0.229. The first kappa shape index (κ1) is 18.6. The number of rotatable bonds is 9. The molecule has 1 atom stereocenters. The van der Waals surface area contributed by atoms with E-state index >= 15 is 0 Å². The van der Waals surface area contributed by atoms with Crippen molar-refractivity contribution >= 4 is 15.9 Å². The van der Waals surface area contributed by atoms with Crippen LogP contribution in [0.25, 0.3) is 0 Å². The number of aromatic nitrogens is 2. The van der Waals surface area contributed by atoms with Crippen molar-refractivity contribution in [3.05, 3.63) is 16.4 Å². The fraction of sp³-hybridized carbons (Fsp3) is 0.800. The largest absolute Gasteiger partial charge is 0.376 e.